The van der Waals surface area contributed by atoms with Crippen molar-refractivity contribution in [2.45, 2.75) is 32.4 Å². The number of furan rings is 1. The SMILES string of the molecule is COc1ccc(Cn2c3c(c4ccc(C(=O)NCc5ccco5)cc42)CCCC3=O)c(Cl)c1. The van der Waals surface area contributed by atoms with Crippen LogP contribution in [0.25, 0.3) is 10.9 Å². The van der Waals surface area contributed by atoms with Crippen molar-refractivity contribution in [1.82, 2.24) is 9.88 Å². The van der Waals surface area contributed by atoms with Gasteiger partial charge in [0.25, 0.3) is 5.91 Å². The zero-order valence-electron chi connectivity index (χ0n) is 18.2. The molecule has 2 aromatic carbocycles. The van der Waals surface area contributed by atoms with Crippen molar-refractivity contribution in [2.24, 2.45) is 0 Å². The fourth-order valence-electron chi connectivity index (χ4n) is 4.48. The third-order valence-corrected chi connectivity index (χ3v) is 6.47. The van der Waals surface area contributed by atoms with E-state index in [0.29, 0.717) is 41.6 Å². The largest absolute Gasteiger partial charge is 0.497 e. The highest BCUT2D eigenvalue weighted by molar-refractivity contribution is 6.31. The first-order chi connectivity index (χ1) is 16.0. The molecule has 7 heteroatoms. The minimum Gasteiger partial charge on any atom is -0.497 e. The van der Waals surface area contributed by atoms with E-state index in [-0.39, 0.29) is 11.7 Å². The van der Waals surface area contributed by atoms with E-state index in [0.717, 1.165) is 40.6 Å². The number of rotatable bonds is 6. The first-order valence-electron chi connectivity index (χ1n) is 10.9. The van der Waals surface area contributed by atoms with Gasteiger partial charge in [-0.1, -0.05) is 23.7 Å². The van der Waals surface area contributed by atoms with Gasteiger partial charge >= 0.3 is 0 Å². The quantitative estimate of drug-likeness (QED) is 0.416. The number of aromatic nitrogens is 1. The molecule has 168 valence electrons. The number of nitrogens with zero attached hydrogens (tertiary/aromatic N) is 1. The number of methoxy groups -OCH3 is 1. The Hall–Kier alpha value is -3.51. The van der Waals surface area contributed by atoms with Crippen LogP contribution in [0.2, 0.25) is 5.02 Å². The molecule has 0 atom stereocenters. The molecule has 1 amide bonds. The zero-order chi connectivity index (χ0) is 22.9. The van der Waals surface area contributed by atoms with Crippen molar-refractivity contribution < 1.29 is 18.7 Å². The Morgan fingerprint density at radius 3 is 2.82 bits per heavy atom. The summed E-state index contributed by atoms with van der Waals surface area (Å²) in [5, 5.41) is 4.46. The smallest absolute Gasteiger partial charge is 0.251 e. The molecule has 2 aromatic heterocycles. The number of Topliss-reactive ketones (excluding diaryl/α,β-unsaturated/α-hetero) is 1. The Balaban J connectivity index is 1.55. The van der Waals surface area contributed by atoms with Gasteiger partial charge in [-0.25, -0.2) is 0 Å². The van der Waals surface area contributed by atoms with Crippen LogP contribution in [0.4, 0.5) is 0 Å². The second-order valence-corrected chi connectivity index (χ2v) is 8.55. The minimum absolute atomic E-state index is 0.126. The average molecular weight is 463 g/mol. The summed E-state index contributed by atoms with van der Waals surface area (Å²) in [6, 6.07) is 14.7. The highest BCUT2D eigenvalue weighted by Gasteiger charge is 2.27. The van der Waals surface area contributed by atoms with Gasteiger partial charge in [-0.05, 0) is 60.4 Å². The maximum Gasteiger partial charge on any atom is 0.251 e. The van der Waals surface area contributed by atoms with Crippen molar-refractivity contribution in [3.8, 4) is 5.75 Å². The lowest BCUT2D eigenvalue weighted by Gasteiger charge is -2.16. The van der Waals surface area contributed by atoms with Crippen molar-refractivity contribution in [1.29, 1.82) is 0 Å². The number of fused-ring (bicyclic) bond motifs is 3. The standard InChI is InChI=1S/C26H23ClN2O4/c1-32-18-9-7-17(22(27)13-18)15-29-23-12-16(26(31)28-14-19-4-3-11-33-19)8-10-20(23)21-5-2-6-24(30)25(21)29/h3-4,7-13H,2,5-6,14-15H2,1H3,(H,28,31). The summed E-state index contributed by atoms with van der Waals surface area (Å²) in [6.45, 7) is 0.735. The molecule has 0 unspecified atom stereocenters. The van der Waals surface area contributed by atoms with E-state index in [1.807, 2.05) is 41.0 Å². The molecular formula is C26H23ClN2O4. The summed E-state index contributed by atoms with van der Waals surface area (Å²) in [7, 11) is 1.60. The number of aryl methyl sites for hydroxylation is 1. The minimum atomic E-state index is -0.201. The summed E-state index contributed by atoms with van der Waals surface area (Å²) < 4.78 is 12.6. The topological polar surface area (TPSA) is 73.5 Å². The molecule has 2 heterocycles. The van der Waals surface area contributed by atoms with E-state index in [4.69, 9.17) is 20.8 Å². The van der Waals surface area contributed by atoms with Crippen LogP contribution in [0, 0.1) is 0 Å². The summed E-state index contributed by atoms with van der Waals surface area (Å²) >= 11 is 6.52. The van der Waals surface area contributed by atoms with Gasteiger partial charge in [0, 0.05) is 34.5 Å². The third kappa shape index (κ3) is 4.02. The normalized spacial score (nSPS) is 13.2. The molecule has 1 aliphatic carbocycles. The van der Waals surface area contributed by atoms with Gasteiger partial charge in [0.15, 0.2) is 5.78 Å². The summed E-state index contributed by atoms with van der Waals surface area (Å²) in [5.74, 6) is 1.28. The summed E-state index contributed by atoms with van der Waals surface area (Å²) in [4.78, 5) is 25.8. The van der Waals surface area contributed by atoms with Crippen molar-refractivity contribution in [3.63, 3.8) is 0 Å². The summed E-state index contributed by atoms with van der Waals surface area (Å²) in [6.07, 6.45) is 3.77. The second kappa shape index (κ2) is 8.79. The Kier molecular flexibility index (Phi) is 5.68. The molecular weight excluding hydrogens is 440 g/mol. The van der Waals surface area contributed by atoms with Crippen LogP contribution < -0.4 is 10.1 Å². The molecule has 0 fully saturated rings. The van der Waals surface area contributed by atoms with Gasteiger partial charge in [0.2, 0.25) is 0 Å². The van der Waals surface area contributed by atoms with Gasteiger partial charge < -0.3 is 19.0 Å². The van der Waals surface area contributed by atoms with Crippen LogP contribution >= 0.6 is 11.6 Å². The lowest BCUT2D eigenvalue weighted by atomic mass is 9.94. The van der Waals surface area contributed by atoms with Crippen LogP contribution in [0.15, 0.2) is 59.2 Å². The highest BCUT2D eigenvalue weighted by Crippen LogP contribution is 2.34. The number of halogens is 1. The lowest BCUT2D eigenvalue weighted by molar-refractivity contribution is 0.0945. The van der Waals surface area contributed by atoms with Gasteiger partial charge in [0.1, 0.15) is 11.5 Å². The number of benzene rings is 2. The molecule has 6 nitrogen and oxygen atoms in total. The predicted octanol–water partition coefficient (Wildman–Crippen LogP) is 5.39. The molecule has 5 rings (SSSR count). The fourth-order valence-corrected chi connectivity index (χ4v) is 4.71. The number of hydrogen-bond acceptors (Lipinski definition) is 4. The molecule has 33 heavy (non-hydrogen) atoms. The number of carbonyl (C=O) groups excluding carboxylic acids is 2. The van der Waals surface area contributed by atoms with Crippen LogP contribution in [0.1, 0.15) is 50.6 Å². The van der Waals surface area contributed by atoms with Gasteiger partial charge in [-0.2, -0.15) is 0 Å². The molecule has 0 bridgehead atoms. The third-order valence-electron chi connectivity index (χ3n) is 6.12. The Bertz CT molecular complexity index is 1350. The molecule has 0 spiro atoms. The summed E-state index contributed by atoms with van der Waals surface area (Å²) in [5.41, 5.74) is 4.03. The van der Waals surface area contributed by atoms with Gasteiger partial charge in [-0.15, -0.1) is 0 Å². The van der Waals surface area contributed by atoms with E-state index in [1.54, 1.807) is 25.5 Å². The van der Waals surface area contributed by atoms with Crippen molar-refractivity contribution >= 4 is 34.2 Å². The van der Waals surface area contributed by atoms with Crippen molar-refractivity contribution in [2.75, 3.05) is 7.11 Å². The highest BCUT2D eigenvalue weighted by atomic mass is 35.5. The van der Waals surface area contributed by atoms with Crippen LogP contribution in [0.5, 0.6) is 5.75 Å². The fraction of sp³-hybridized carbons (Fsp3) is 0.231. The number of ketones is 1. The number of ether oxygens (including phenoxy) is 1. The van der Waals surface area contributed by atoms with Gasteiger partial charge in [-0.3, -0.25) is 9.59 Å². The van der Waals surface area contributed by atoms with E-state index in [1.165, 1.54) is 0 Å². The first kappa shape index (κ1) is 21.3. The molecule has 0 aliphatic heterocycles. The number of carbonyl (C=O) groups is 2. The van der Waals surface area contributed by atoms with E-state index in [2.05, 4.69) is 5.32 Å². The molecule has 0 saturated carbocycles. The van der Waals surface area contributed by atoms with E-state index < -0.39 is 0 Å². The first-order valence-corrected chi connectivity index (χ1v) is 11.2. The number of nitrogens with one attached hydrogen (secondary N) is 1. The number of hydrogen-bond donors (Lipinski definition) is 1. The number of amides is 1. The molecule has 0 saturated heterocycles. The Morgan fingerprint density at radius 1 is 1.18 bits per heavy atom. The van der Waals surface area contributed by atoms with E-state index >= 15 is 0 Å². The molecule has 1 aliphatic rings. The molecule has 0 radical (unpaired) electrons. The average Bonchev–Trinajstić information content (AvgIpc) is 3.45. The van der Waals surface area contributed by atoms with Gasteiger partial charge in [0.05, 0.1) is 25.6 Å². The Morgan fingerprint density at radius 2 is 2.06 bits per heavy atom. The van der Waals surface area contributed by atoms with Crippen LogP contribution in [-0.4, -0.2) is 23.4 Å². The molecule has 1 N–H and O–H groups in total. The van der Waals surface area contributed by atoms with E-state index in [9.17, 15) is 9.59 Å². The zero-order valence-corrected chi connectivity index (χ0v) is 18.9. The van der Waals surface area contributed by atoms with Crippen LogP contribution in [-0.2, 0) is 19.5 Å². The maximum absolute atomic E-state index is 12.9. The van der Waals surface area contributed by atoms with Crippen molar-refractivity contribution in [3.05, 3.63) is 88.0 Å². The predicted molar refractivity (Wildman–Crippen MR) is 126 cm³/mol. The maximum atomic E-state index is 12.9. The Labute approximate surface area is 196 Å². The monoisotopic (exact) mass is 462 g/mol. The molecule has 4 aromatic rings. The lowest BCUT2D eigenvalue weighted by Crippen LogP contribution is -2.22. The second-order valence-electron chi connectivity index (χ2n) is 8.14. The van der Waals surface area contributed by atoms with Crippen LogP contribution in [0.3, 0.4) is 0 Å².